The topological polar surface area (TPSA) is 25.2 Å². The molecule has 2 aromatic carbocycles. The molecule has 0 saturated carbocycles. The molecule has 1 aromatic heterocycles. The molecule has 1 N–H and O–H groups in total. The van der Waals surface area contributed by atoms with E-state index in [1.807, 2.05) is 37.3 Å². The Morgan fingerprint density at radius 1 is 1.19 bits per heavy atom. The van der Waals surface area contributed by atoms with Crippen LogP contribution in [0.15, 0.2) is 51.4 Å². The van der Waals surface area contributed by atoms with Gasteiger partial charge in [0.05, 0.1) is 16.8 Å². The Morgan fingerprint density at radius 3 is 2.76 bits per heavy atom. The number of hydrogen-bond donors (Lipinski definition) is 1. The number of hydrogen-bond acceptors (Lipinski definition) is 2. The molecule has 0 spiro atoms. The first-order valence-corrected chi connectivity index (χ1v) is 7.92. The van der Waals surface area contributed by atoms with Gasteiger partial charge in [0, 0.05) is 9.86 Å². The molecule has 0 amide bonds. The number of nitrogens with one attached hydrogen (secondary N) is 1. The maximum Gasteiger partial charge on any atom is 0.134 e. The van der Waals surface area contributed by atoms with Gasteiger partial charge in [-0.1, -0.05) is 39.7 Å². The number of anilines is 1. The van der Waals surface area contributed by atoms with E-state index in [1.165, 1.54) is 0 Å². The van der Waals surface area contributed by atoms with Gasteiger partial charge in [0.15, 0.2) is 0 Å². The second kappa shape index (κ2) is 5.74. The summed E-state index contributed by atoms with van der Waals surface area (Å²) in [4.78, 5) is 0. The number of benzene rings is 2. The van der Waals surface area contributed by atoms with Crippen molar-refractivity contribution in [2.45, 2.75) is 19.9 Å². The van der Waals surface area contributed by atoms with Crippen LogP contribution in [-0.4, -0.2) is 0 Å². The van der Waals surface area contributed by atoms with Crippen molar-refractivity contribution in [3.63, 3.8) is 0 Å². The minimum atomic E-state index is 0.0368. The lowest BCUT2D eigenvalue weighted by molar-refractivity contribution is 0.526. The van der Waals surface area contributed by atoms with Gasteiger partial charge in [-0.2, -0.15) is 0 Å². The van der Waals surface area contributed by atoms with E-state index in [-0.39, 0.29) is 6.04 Å². The van der Waals surface area contributed by atoms with Gasteiger partial charge in [0.1, 0.15) is 11.3 Å². The lowest BCUT2D eigenvalue weighted by atomic mass is 10.1. The van der Waals surface area contributed by atoms with E-state index < -0.39 is 0 Å². The summed E-state index contributed by atoms with van der Waals surface area (Å²) < 4.78 is 6.96. The van der Waals surface area contributed by atoms with Gasteiger partial charge in [-0.25, -0.2) is 0 Å². The standard InChI is InChI=1S/C17H15BrClNO/c1-10-4-3-5-14(19)17(10)20-11(2)16-9-12-8-13(18)6-7-15(12)21-16/h3-9,11,20H,1-2H3. The zero-order valence-corrected chi connectivity index (χ0v) is 14.1. The third-order valence-corrected chi connectivity index (χ3v) is 4.32. The van der Waals surface area contributed by atoms with Gasteiger partial charge in [-0.15, -0.1) is 0 Å². The summed E-state index contributed by atoms with van der Waals surface area (Å²) in [6.07, 6.45) is 0. The number of halogens is 2. The van der Waals surface area contributed by atoms with Crippen LogP contribution in [0.5, 0.6) is 0 Å². The van der Waals surface area contributed by atoms with E-state index in [2.05, 4.69) is 40.3 Å². The van der Waals surface area contributed by atoms with Crippen molar-refractivity contribution in [1.82, 2.24) is 0 Å². The molecule has 0 bridgehead atoms. The first kappa shape index (κ1) is 14.5. The predicted octanol–water partition coefficient (Wildman–Crippen LogP) is 6.33. The summed E-state index contributed by atoms with van der Waals surface area (Å²) in [5, 5.41) is 5.24. The molecule has 108 valence electrons. The third kappa shape index (κ3) is 2.94. The van der Waals surface area contributed by atoms with Crippen molar-refractivity contribution >= 4 is 44.2 Å². The molecular formula is C17H15BrClNO. The highest BCUT2D eigenvalue weighted by Crippen LogP contribution is 2.32. The van der Waals surface area contributed by atoms with Crippen molar-refractivity contribution in [2.75, 3.05) is 5.32 Å². The molecular weight excluding hydrogens is 350 g/mol. The lowest BCUT2D eigenvalue weighted by Gasteiger charge is -2.16. The fraction of sp³-hybridized carbons (Fsp3) is 0.176. The van der Waals surface area contributed by atoms with Crippen molar-refractivity contribution in [3.05, 3.63) is 63.3 Å². The molecule has 3 rings (SSSR count). The van der Waals surface area contributed by atoms with Crippen LogP contribution in [0.4, 0.5) is 5.69 Å². The first-order valence-electron chi connectivity index (χ1n) is 6.75. The quantitative estimate of drug-likeness (QED) is 0.587. The molecule has 0 fully saturated rings. The normalized spacial score (nSPS) is 12.6. The summed E-state index contributed by atoms with van der Waals surface area (Å²) in [7, 11) is 0. The average Bonchev–Trinajstić information content (AvgIpc) is 2.86. The van der Waals surface area contributed by atoms with Gasteiger partial charge < -0.3 is 9.73 Å². The van der Waals surface area contributed by atoms with Gasteiger partial charge in [0.2, 0.25) is 0 Å². The second-order valence-corrected chi connectivity index (χ2v) is 6.45. The Balaban J connectivity index is 1.91. The summed E-state index contributed by atoms with van der Waals surface area (Å²) in [5.41, 5.74) is 2.96. The smallest absolute Gasteiger partial charge is 0.134 e. The molecule has 0 aliphatic heterocycles. The maximum absolute atomic E-state index is 6.26. The van der Waals surface area contributed by atoms with E-state index in [0.29, 0.717) is 0 Å². The Bertz CT molecular complexity index is 776. The van der Waals surface area contributed by atoms with Crippen molar-refractivity contribution in [2.24, 2.45) is 0 Å². The van der Waals surface area contributed by atoms with Crippen LogP contribution in [0.2, 0.25) is 5.02 Å². The highest BCUT2D eigenvalue weighted by Gasteiger charge is 2.14. The fourth-order valence-electron chi connectivity index (χ4n) is 2.35. The third-order valence-electron chi connectivity index (χ3n) is 3.51. The van der Waals surface area contributed by atoms with Crippen molar-refractivity contribution in [3.8, 4) is 0 Å². The minimum absolute atomic E-state index is 0.0368. The van der Waals surface area contributed by atoms with Crippen LogP contribution in [0.25, 0.3) is 11.0 Å². The van der Waals surface area contributed by atoms with Crippen LogP contribution in [0, 0.1) is 6.92 Å². The number of furan rings is 1. The molecule has 0 aliphatic carbocycles. The highest BCUT2D eigenvalue weighted by atomic mass is 79.9. The molecule has 1 heterocycles. The van der Waals surface area contributed by atoms with Crippen LogP contribution >= 0.6 is 27.5 Å². The predicted molar refractivity (Wildman–Crippen MR) is 92.1 cm³/mol. The molecule has 0 radical (unpaired) electrons. The van der Waals surface area contributed by atoms with Gasteiger partial charge >= 0.3 is 0 Å². The molecule has 2 nitrogen and oxygen atoms in total. The Kier molecular flexibility index (Phi) is 3.96. The Morgan fingerprint density at radius 2 is 2.00 bits per heavy atom. The molecule has 4 heteroatoms. The van der Waals surface area contributed by atoms with Crippen LogP contribution in [-0.2, 0) is 0 Å². The highest BCUT2D eigenvalue weighted by molar-refractivity contribution is 9.10. The van der Waals surface area contributed by atoms with E-state index >= 15 is 0 Å². The van der Waals surface area contributed by atoms with Crippen LogP contribution in [0.1, 0.15) is 24.3 Å². The molecule has 1 unspecified atom stereocenters. The molecule has 1 atom stereocenters. The molecule has 0 aliphatic rings. The van der Waals surface area contributed by atoms with E-state index in [0.717, 1.165) is 37.5 Å². The summed E-state index contributed by atoms with van der Waals surface area (Å²) in [6, 6.07) is 14.0. The Labute approximate surface area is 137 Å². The zero-order chi connectivity index (χ0) is 15.0. The second-order valence-electron chi connectivity index (χ2n) is 5.13. The number of aryl methyl sites for hydroxylation is 1. The average molecular weight is 365 g/mol. The maximum atomic E-state index is 6.26. The van der Waals surface area contributed by atoms with E-state index in [1.54, 1.807) is 0 Å². The van der Waals surface area contributed by atoms with Crippen molar-refractivity contribution < 1.29 is 4.42 Å². The fourth-order valence-corrected chi connectivity index (χ4v) is 3.01. The largest absolute Gasteiger partial charge is 0.459 e. The monoisotopic (exact) mass is 363 g/mol. The summed E-state index contributed by atoms with van der Waals surface area (Å²) >= 11 is 9.74. The molecule has 21 heavy (non-hydrogen) atoms. The lowest BCUT2D eigenvalue weighted by Crippen LogP contribution is -2.07. The first-order chi connectivity index (χ1) is 10.0. The molecule has 0 saturated heterocycles. The minimum Gasteiger partial charge on any atom is -0.459 e. The summed E-state index contributed by atoms with van der Waals surface area (Å²) in [5.74, 6) is 0.891. The number of rotatable bonds is 3. The number of fused-ring (bicyclic) bond motifs is 1. The summed E-state index contributed by atoms with van der Waals surface area (Å²) in [6.45, 7) is 4.10. The van der Waals surface area contributed by atoms with E-state index in [4.69, 9.17) is 16.0 Å². The van der Waals surface area contributed by atoms with Crippen LogP contribution in [0.3, 0.4) is 0 Å². The molecule has 3 aromatic rings. The Hall–Kier alpha value is -1.45. The van der Waals surface area contributed by atoms with E-state index in [9.17, 15) is 0 Å². The number of para-hydroxylation sites is 1. The zero-order valence-electron chi connectivity index (χ0n) is 11.8. The van der Waals surface area contributed by atoms with Gasteiger partial charge in [0.25, 0.3) is 0 Å². The van der Waals surface area contributed by atoms with Gasteiger partial charge in [-0.05, 0) is 49.7 Å². The van der Waals surface area contributed by atoms with Crippen molar-refractivity contribution in [1.29, 1.82) is 0 Å². The SMILES string of the molecule is Cc1cccc(Cl)c1NC(C)c1cc2cc(Br)ccc2o1. The van der Waals surface area contributed by atoms with Gasteiger partial charge in [-0.3, -0.25) is 0 Å². The van der Waals surface area contributed by atoms with Crippen LogP contribution < -0.4 is 5.32 Å².